The number of pyridine rings is 1. The highest BCUT2D eigenvalue weighted by Crippen LogP contribution is 2.33. The van der Waals surface area contributed by atoms with Crippen LogP contribution in [0.5, 0.6) is 11.5 Å². The fourth-order valence-corrected chi connectivity index (χ4v) is 2.73. The van der Waals surface area contributed by atoms with E-state index in [2.05, 4.69) is 10.3 Å². The van der Waals surface area contributed by atoms with Gasteiger partial charge in [-0.15, -0.1) is 0 Å². The Bertz CT molecular complexity index is 817. The number of anilines is 1. The lowest BCUT2D eigenvalue weighted by Crippen LogP contribution is -2.10. The maximum Gasteiger partial charge on any atom is 0.417 e. The Morgan fingerprint density at radius 1 is 1.21 bits per heavy atom. The zero-order valence-corrected chi connectivity index (χ0v) is 17.6. The van der Waals surface area contributed by atoms with E-state index in [1.165, 1.54) is 12.1 Å². The van der Waals surface area contributed by atoms with E-state index in [4.69, 9.17) is 44.3 Å². The largest absolute Gasteiger partial charge is 0.492 e. The van der Waals surface area contributed by atoms with E-state index < -0.39 is 11.7 Å². The standard InChI is InChI=1S/C19H18Cl3F3N2O2/c1-12-9-14(28-8-5-16(21)22)10-15(20)18(12)29-7-2-6-26-17-4-3-13(11-27-17)19(23,24)25/h3-5,9-11H,2,6-8H2,1H3,(H,26,27). The molecular formula is C19H18Cl3F3N2O2. The Balaban J connectivity index is 1.79. The van der Waals surface area contributed by atoms with Crippen LogP contribution in [0.2, 0.25) is 5.02 Å². The van der Waals surface area contributed by atoms with Gasteiger partial charge in [0.1, 0.15) is 28.4 Å². The molecule has 0 fully saturated rings. The number of aromatic nitrogens is 1. The van der Waals surface area contributed by atoms with Gasteiger partial charge in [-0.2, -0.15) is 13.2 Å². The summed E-state index contributed by atoms with van der Waals surface area (Å²) in [6, 6.07) is 5.68. The molecule has 0 saturated carbocycles. The molecule has 0 aliphatic rings. The highest BCUT2D eigenvalue weighted by Gasteiger charge is 2.30. The van der Waals surface area contributed by atoms with Crippen molar-refractivity contribution in [1.82, 2.24) is 4.98 Å². The molecule has 1 heterocycles. The third-order valence-electron chi connectivity index (χ3n) is 3.65. The second-order valence-electron chi connectivity index (χ2n) is 5.91. The quantitative estimate of drug-likeness (QED) is 0.418. The first kappa shape index (κ1) is 23.4. The van der Waals surface area contributed by atoms with Crippen LogP contribution in [0, 0.1) is 6.92 Å². The van der Waals surface area contributed by atoms with Crippen molar-refractivity contribution in [3.05, 3.63) is 57.2 Å². The van der Waals surface area contributed by atoms with Crippen molar-refractivity contribution in [2.75, 3.05) is 25.1 Å². The van der Waals surface area contributed by atoms with Crippen LogP contribution in [0.25, 0.3) is 0 Å². The topological polar surface area (TPSA) is 43.4 Å². The number of halogens is 6. The number of hydrogen-bond acceptors (Lipinski definition) is 4. The first-order valence-electron chi connectivity index (χ1n) is 8.51. The van der Waals surface area contributed by atoms with Crippen LogP contribution >= 0.6 is 34.8 Å². The monoisotopic (exact) mass is 468 g/mol. The van der Waals surface area contributed by atoms with Gasteiger partial charge in [0.05, 0.1) is 17.2 Å². The van der Waals surface area contributed by atoms with Crippen LogP contribution in [0.3, 0.4) is 0 Å². The summed E-state index contributed by atoms with van der Waals surface area (Å²) in [5, 5.41) is 3.34. The molecule has 0 saturated heterocycles. The van der Waals surface area contributed by atoms with Crippen LogP contribution in [-0.4, -0.2) is 24.7 Å². The van der Waals surface area contributed by atoms with Gasteiger partial charge in [0.25, 0.3) is 0 Å². The molecular weight excluding hydrogens is 452 g/mol. The molecule has 0 radical (unpaired) electrons. The normalized spacial score (nSPS) is 11.1. The van der Waals surface area contributed by atoms with E-state index in [1.54, 1.807) is 12.1 Å². The lowest BCUT2D eigenvalue weighted by Gasteiger charge is -2.13. The van der Waals surface area contributed by atoms with Crippen molar-refractivity contribution in [2.24, 2.45) is 0 Å². The first-order chi connectivity index (χ1) is 13.7. The molecule has 0 aliphatic carbocycles. The molecule has 0 amide bonds. The van der Waals surface area contributed by atoms with Crippen molar-refractivity contribution in [1.29, 1.82) is 0 Å². The van der Waals surface area contributed by atoms with Crippen LogP contribution in [0.4, 0.5) is 19.0 Å². The second kappa shape index (κ2) is 10.8. The third-order valence-corrected chi connectivity index (χ3v) is 4.24. The molecule has 0 atom stereocenters. The number of hydrogen-bond donors (Lipinski definition) is 1. The van der Waals surface area contributed by atoms with Gasteiger partial charge < -0.3 is 14.8 Å². The number of nitrogens with zero attached hydrogens (tertiary/aromatic N) is 1. The average Bonchev–Trinajstić information content (AvgIpc) is 2.62. The predicted molar refractivity (Wildman–Crippen MR) is 109 cm³/mol. The van der Waals surface area contributed by atoms with Crippen molar-refractivity contribution in [3.63, 3.8) is 0 Å². The minimum Gasteiger partial charge on any atom is -0.492 e. The molecule has 1 N–H and O–H groups in total. The number of benzene rings is 1. The molecule has 158 valence electrons. The summed E-state index contributed by atoms with van der Waals surface area (Å²) in [5.41, 5.74) is 0.0107. The van der Waals surface area contributed by atoms with Crippen molar-refractivity contribution >= 4 is 40.6 Å². The van der Waals surface area contributed by atoms with Gasteiger partial charge in [-0.1, -0.05) is 34.8 Å². The van der Waals surface area contributed by atoms with Gasteiger partial charge >= 0.3 is 6.18 Å². The van der Waals surface area contributed by atoms with Crippen molar-refractivity contribution < 1.29 is 22.6 Å². The average molecular weight is 470 g/mol. The van der Waals surface area contributed by atoms with Crippen LogP contribution in [-0.2, 0) is 6.18 Å². The maximum absolute atomic E-state index is 12.5. The second-order valence-corrected chi connectivity index (χ2v) is 7.33. The molecule has 1 aromatic heterocycles. The fourth-order valence-electron chi connectivity index (χ4n) is 2.30. The molecule has 10 heteroatoms. The summed E-state index contributed by atoms with van der Waals surface area (Å²) >= 11 is 17.3. The first-order valence-corrected chi connectivity index (χ1v) is 9.64. The maximum atomic E-state index is 12.5. The lowest BCUT2D eigenvalue weighted by atomic mass is 10.2. The molecule has 2 rings (SSSR count). The summed E-state index contributed by atoms with van der Waals surface area (Å²) in [4.78, 5) is 3.75. The molecule has 0 aliphatic heterocycles. The molecule has 0 bridgehead atoms. The Morgan fingerprint density at radius 2 is 1.97 bits per heavy atom. The highest BCUT2D eigenvalue weighted by molar-refractivity contribution is 6.55. The van der Waals surface area contributed by atoms with Crippen LogP contribution < -0.4 is 14.8 Å². The molecule has 0 spiro atoms. The Kier molecular flexibility index (Phi) is 8.74. The predicted octanol–water partition coefficient (Wildman–Crippen LogP) is 6.64. The zero-order valence-electron chi connectivity index (χ0n) is 15.3. The number of nitrogens with one attached hydrogen (secondary N) is 1. The van der Waals surface area contributed by atoms with Crippen molar-refractivity contribution in [3.8, 4) is 11.5 Å². The van der Waals surface area contributed by atoms with Gasteiger partial charge in [0.2, 0.25) is 0 Å². The number of rotatable bonds is 9. The van der Waals surface area contributed by atoms with Gasteiger partial charge in [0, 0.05) is 18.8 Å². The smallest absolute Gasteiger partial charge is 0.417 e. The molecule has 1 aromatic carbocycles. The van der Waals surface area contributed by atoms with Crippen molar-refractivity contribution in [2.45, 2.75) is 19.5 Å². The minimum atomic E-state index is -4.40. The molecule has 4 nitrogen and oxygen atoms in total. The SMILES string of the molecule is Cc1cc(OCC=C(Cl)Cl)cc(Cl)c1OCCCNc1ccc(C(F)(F)F)cn1. The summed E-state index contributed by atoms with van der Waals surface area (Å²) in [6.07, 6.45) is -1.50. The van der Waals surface area contributed by atoms with Gasteiger partial charge in [0.15, 0.2) is 0 Å². The molecule has 2 aromatic rings. The minimum absolute atomic E-state index is 0.118. The number of aryl methyl sites for hydroxylation is 1. The van der Waals surface area contributed by atoms with E-state index in [0.717, 1.165) is 17.8 Å². The molecule has 0 unspecified atom stereocenters. The Morgan fingerprint density at radius 3 is 2.55 bits per heavy atom. The fraction of sp³-hybridized carbons (Fsp3) is 0.316. The zero-order chi connectivity index (χ0) is 21.4. The van der Waals surface area contributed by atoms with E-state index in [0.29, 0.717) is 41.9 Å². The highest BCUT2D eigenvalue weighted by atomic mass is 35.5. The van der Waals surface area contributed by atoms with E-state index in [-0.39, 0.29) is 11.1 Å². The van der Waals surface area contributed by atoms with E-state index in [1.807, 2.05) is 6.92 Å². The molecule has 29 heavy (non-hydrogen) atoms. The number of ether oxygens (including phenoxy) is 2. The Labute approximate surface area is 181 Å². The summed E-state index contributed by atoms with van der Waals surface area (Å²) in [5.74, 6) is 1.46. The lowest BCUT2D eigenvalue weighted by molar-refractivity contribution is -0.137. The number of alkyl halides is 3. The summed E-state index contributed by atoms with van der Waals surface area (Å²) < 4.78 is 48.8. The summed E-state index contributed by atoms with van der Waals surface area (Å²) in [6.45, 7) is 2.88. The van der Waals surface area contributed by atoms with Gasteiger partial charge in [-0.05, 0) is 43.2 Å². The van der Waals surface area contributed by atoms with E-state index in [9.17, 15) is 13.2 Å². The van der Waals surface area contributed by atoms with Crippen LogP contribution in [0.15, 0.2) is 41.0 Å². The van der Waals surface area contributed by atoms with E-state index >= 15 is 0 Å². The van der Waals surface area contributed by atoms with Crippen LogP contribution in [0.1, 0.15) is 17.5 Å². The van der Waals surface area contributed by atoms with Gasteiger partial charge in [-0.25, -0.2) is 4.98 Å². The van der Waals surface area contributed by atoms with Gasteiger partial charge in [-0.3, -0.25) is 0 Å². The Hall–Kier alpha value is -1.83. The summed E-state index contributed by atoms with van der Waals surface area (Å²) in [7, 11) is 0. The third kappa shape index (κ3) is 7.84.